The number of nitrogens with one attached hydrogen (secondary N) is 1. The normalized spacial score (nSPS) is 12.9. The van der Waals surface area contributed by atoms with Gasteiger partial charge in [-0.3, -0.25) is 5.84 Å². The monoisotopic (exact) mass is 495 g/mol. The van der Waals surface area contributed by atoms with Crippen LogP contribution in [0.1, 0.15) is 35.4 Å². The molecule has 1 aliphatic carbocycles. The van der Waals surface area contributed by atoms with Crippen LogP contribution in [0.5, 0.6) is 0 Å². The minimum Gasteiger partial charge on any atom is -0.480 e. The molecule has 1 atom stereocenters. The lowest BCUT2D eigenvalue weighted by Crippen LogP contribution is -2.42. The first-order valence-corrected chi connectivity index (χ1v) is 11.4. The molecule has 8 heteroatoms. The van der Waals surface area contributed by atoms with Crippen molar-refractivity contribution < 1.29 is 19.4 Å². The van der Waals surface area contributed by atoms with Gasteiger partial charge < -0.3 is 15.2 Å². The maximum atomic E-state index is 12.4. The number of alkyl carbamates (subject to hydrolysis) is 1. The van der Waals surface area contributed by atoms with Crippen LogP contribution in [0.25, 0.3) is 11.1 Å². The molecule has 35 heavy (non-hydrogen) atoms. The summed E-state index contributed by atoms with van der Waals surface area (Å²) in [4.78, 5) is 24.1. The average Bonchev–Trinajstić information content (AvgIpc) is 3.16. The SMILES string of the molecule is Cl.NN(CCC[C@H](NC(=O)OCC1c2ccccc2-c2ccccc21)C(=O)O)Cc1ccccc1. The Morgan fingerprint density at radius 2 is 1.51 bits per heavy atom. The predicted molar refractivity (Wildman–Crippen MR) is 137 cm³/mol. The molecule has 3 aromatic rings. The molecular formula is C27H30ClN3O4. The summed E-state index contributed by atoms with van der Waals surface area (Å²) >= 11 is 0. The molecule has 0 bridgehead atoms. The number of carboxylic acids is 1. The molecule has 0 aromatic heterocycles. The van der Waals surface area contributed by atoms with Crippen LogP contribution >= 0.6 is 12.4 Å². The number of hydrazine groups is 1. The fourth-order valence-electron chi connectivity index (χ4n) is 4.44. The Kier molecular flexibility index (Phi) is 9.25. The van der Waals surface area contributed by atoms with Crippen molar-refractivity contribution in [2.24, 2.45) is 5.84 Å². The molecular weight excluding hydrogens is 466 g/mol. The summed E-state index contributed by atoms with van der Waals surface area (Å²) in [7, 11) is 0. The third kappa shape index (κ3) is 6.60. The fraction of sp³-hybridized carbons (Fsp3) is 0.259. The number of benzene rings is 3. The van der Waals surface area contributed by atoms with Gasteiger partial charge in [-0.2, -0.15) is 0 Å². The van der Waals surface area contributed by atoms with Gasteiger partial charge in [-0.25, -0.2) is 14.6 Å². The molecule has 1 amide bonds. The van der Waals surface area contributed by atoms with Crippen molar-refractivity contribution in [3.8, 4) is 11.1 Å². The van der Waals surface area contributed by atoms with Crippen molar-refractivity contribution in [3.63, 3.8) is 0 Å². The highest BCUT2D eigenvalue weighted by molar-refractivity contribution is 5.85. The molecule has 4 rings (SSSR count). The summed E-state index contributed by atoms with van der Waals surface area (Å²) in [6, 6.07) is 24.9. The fourth-order valence-corrected chi connectivity index (χ4v) is 4.44. The lowest BCUT2D eigenvalue weighted by molar-refractivity contribution is -0.139. The van der Waals surface area contributed by atoms with Gasteiger partial charge in [0.1, 0.15) is 12.6 Å². The number of carbonyl (C=O) groups excluding carboxylic acids is 1. The minimum atomic E-state index is -1.10. The number of nitrogens with two attached hydrogens (primary N) is 1. The van der Waals surface area contributed by atoms with Gasteiger partial charge in [0.25, 0.3) is 0 Å². The Balaban J connectivity index is 0.00000342. The molecule has 7 nitrogen and oxygen atoms in total. The van der Waals surface area contributed by atoms with Crippen LogP contribution in [0.15, 0.2) is 78.9 Å². The zero-order valence-corrected chi connectivity index (χ0v) is 20.1. The molecule has 3 aromatic carbocycles. The van der Waals surface area contributed by atoms with E-state index in [0.29, 0.717) is 19.5 Å². The van der Waals surface area contributed by atoms with Crippen molar-refractivity contribution in [2.45, 2.75) is 31.3 Å². The van der Waals surface area contributed by atoms with E-state index in [1.54, 1.807) is 5.01 Å². The molecule has 0 heterocycles. The number of halogens is 1. The largest absolute Gasteiger partial charge is 0.480 e. The van der Waals surface area contributed by atoms with E-state index in [2.05, 4.69) is 17.4 Å². The Morgan fingerprint density at radius 1 is 0.943 bits per heavy atom. The molecule has 0 unspecified atom stereocenters. The van der Waals surface area contributed by atoms with Crippen molar-refractivity contribution >= 4 is 24.5 Å². The number of ether oxygens (including phenoxy) is 1. The van der Waals surface area contributed by atoms with Gasteiger partial charge in [0, 0.05) is 19.0 Å². The maximum Gasteiger partial charge on any atom is 0.407 e. The van der Waals surface area contributed by atoms with Crippen LogP contribution in [-0.2, 0) is 16.1 Å². The van der Waals surface area contributed by atoms with Crippen LogP contribution in [0.2, 0.25) is 0 Å². The van der Waals surface area contributed by atoms with Crippen LogP contribution in [0.4, 0.5) is 4.79 Å². The smallest absolute Gasteiger partial charge is 0.407 e. The Labute approximate surface area is 211 Å². The van der Waals surface area contributed by atoms with Gasteiger partial charge in [-0.1, -0.05) is 78.9 Å². The van der Waals surface area contributed by atoms with Crippen LogP contribution in [-0.4, -0.2) is 41.4 Å². The van der Waals surface area contributed by atoms with Crippen molar-refractivity contribution in [3.05, 3.63) is 95.6 Å². The molecule has 0 saturated heterocycles. The summed E-state index contributed by atoms with van der Waals surface area (Å²) in [6.45, 7) is 1.21. The van der Waals surface area contributed by atoms with Gasteiger partial charge in [0.2, 0.25) is 0 Å². The summed E-state index contributed by atoms with van der Waals surface area (Å²) in [5.74, 6) is 4.86. The summed E-state index contributed by atoms with van der Waals surface area (Å²) in [5.41, 5.74) is 5.56. The van der Waals surface area contributed by atoms with E-state index in [9.17, 15) is 14.7 Å². The molecule has 0 fully saturated rings. The number of fused-ring (bicyclic) bond motifs is 3. The first-order valence-electron chi connectivity index (χ1n) is 11.4. The van der Waals surface area contributed by atoms with E-state index in [0.717, 1.165) is 27.8 Å². The molecule has 0 aliphatic heterocycles. The number of aliphatic carboxylic acids is 1. The number of hydrogen-bond acceptors (Lipinski definition) is 5. The van der Waals surface area contributed by atoms with Gasteiger partial charge in [0.15, 0.2) is 0 Å². The van der Waals surface area contributed by atoms with E-state index in [1.807, 2.05) is 66.7 Å². The number of carboxylic acid groups (broad SMARTS) is 1. The van der Waals surface area contributed by atoms with Crippen molar-refractivity contribution in [1.82, 2.24) is 10.3 Å². The maximum absolute atomic E-state index is 12.4. The molecule has 0 saturated carbocycles. The second-order valence-corrected chi connectivity index (χ2v) is 8.46. The number of amides is 1. The van der Waals surface area contributed by atoms with Gasteiger partial charge in [-0.15, -0.1) is 12.4 Å². The minimum absolute atomic E-state index is 0. The highest BCUT2D eigenvalue weighted by Crippen LogP contribution is 2.44. The van der Waals surface area contributed by atoms with Crippen LogP contribution < -0.4 is 11.2 Å². The summed E-state index contributed by atoms with van der Waals surface area (Å²) in [6.07, 6.45) is 0.0366. The Morgan fingerprint density at radius 3 is 2.11 bits per heavy atom. The standard InChI is InChI=1S/C27H29N3O4.ClH/c28-30(17-19-9-2-1-3-10-19)16-8-15-25(26(31)32)29-27(33)34-18-24-22-13-6-4-11-20(22)21-12-5-7-14-23(21)24;/h1-7,9-14,24-25H,8,15-18,28H2,(H,29,33)(H,31,32);1H/t25-;/m0./s1. The molecule has 1 aliphatic rings. The second-order valence-electron chi connectivity index (χ2n) is 8.46. The number of nitrogens with zero attached hydrogens (tertiary/aromatic N) is 1. The van der Waals surface area contributed by atoms with E-state index in [1.165, 1.54) is 0 Å². The second kappa shape index (κ2) is 12.4. The van der Waals surface area contributed by atoms with E-state index < -0.39 is 18.1 Å². The van der Waals surface area contributed by atoms with E-state index in [-0.39, 0.29) is 31.4 Å². The van der Waals surface area contributed by atoms with Crippen LogP contribution in [0, 0.1) is 0 Å². The lowest BCUT2D eigenvalue weighted by atomic mass is 9.98. The highest BCUT2D eigenvalue weighted by Gasteiger charge is 2.29. The van der Waals surface area contributed by atoms with E-state index >= 15 is 0 Å². The van der Waals surface area contributed by atoms with E-state index in [4.69, 9.17) is 10.6 Å². The first kappa shape index (κ1) is 26.2. The van der Waals surface area contributed by atoms with Crippen molar-refractivity contribution in [1.29, 1.82) is 0 Å². The van der Waals surface area contributed by atoms with Gasteiger partial charge in [-0.05, 0) is 40.7 Å². The third-order valence-corrected chi connectivity index (χ3v) is 6.10. The Hall–Kier alpha value is -3.39. The predicted octanol–water partition coefficient (Wildman–Crippen LogP) is 4.56. The first-order chi connectivity index (χ1) is 16.5. The molecule has 4 N–H and O–H groups in total. The van der Waals surface area contributed by atoms with Crippen LogP contribution in [0.3, 0.4) is 0 Å². The highest BCUT2D eigenvalue weighted by atomic mass is 35.5. The summed E-state index contributed by atoms with van der Waals surface area (Å²) < 4.78 is 5.48. The molecule has 0 radical (unpaired) electrons. The average molecular weight is 496 g/mol. The zero-order chi connectivity index (χ0) is 23.9. The molecule has 184 valence electrons. The zero-order valence-electron chi connectivity index (χ0n) is 19.3. The topological polar surface area (TPSA) is 105 Å². The number of carbonyl (C=O) groups is 2. The molecule has 0 spiro atoms. The third-order valence-electron chi connectivity index (χ3n) is 6.10. The number of hydrogen-bond donors (Lipinski definition) is 3. The Bertz CT molecular complexity index is 1100. The quantitative estimate of drug-likeness (QED) is 0.281. The number of rotatable bonds is 10. The van der Waals surface area contributed by atoms with Gasteiger partial charge >= 0.3 is 12.1 Å². The lowest BCUT2D eigenvalue weighted by Gasteiger charge is -2.19. The van der Waals surface area contributed by atoms with Crippen molar-refractivity contribution in [2.75, 3.05) is 13.2 Å². The summed E-state index contributed by atoms with van der Waals surface area (Å²) in [5, 5.41) is 13.7. The van der Waals surface area contributed by atoms with Gasteiger partial charge in [0.05, 0.1) is 0 Å².